The molecular formula is C11H12N2OS. The van der Waals surface area contributed by atoms with Crippen molar-refractivity contribution in [2.24, 2.45) is 0 Å². The van der Waals surface area contributed by atoms with Crippen LogP contribution in [0.2, 0.25) is 0 Å². The van der Waals surface area contributed by atoms with Crippen molar-refractivity contribution < 1.29 is 4.74 Å². The normalized spacial score (nSPS) is 9.93. The van der Waals surface area contributed by atoms with Crippen molar-refractivity contribution in [2.75, 3.05) is 18.2 Å². The monoisotopic (exact) mass is 220 g/mol. The first-order valence-electron chi connectivity index (χ1n) is 4.53. The summed E-state index contributed by atoms with van der Waals surface area (Å²) in [4.78, 5) is 0. The third kappa shape index (κ3) is 2.22. The lowest BCUT2D eigenvalue weighted by atomic mass is 10.2. The Kier molecular flexibility index (Phi) is 2.78. The van der Waals surface area contributed by atoms with Crippen LogP contribution < -0.4 is 15.8 Å². The van der Waals surface area contributed by atoms with E-state index in [2.05, 4.69) is 5.32 Å². The summed E-state index contributed by atoms with van der Waals surface area (Å²) in [7, 11) is 1.61. The topological polar surface area (TPSA) is 47.3 Å². The van der Waals surface area contributed by atoms with Crippen molar-refractivity contribution in [3.63, 3.8) is 0 Å². The van der Waals surface area contributed by atoms with Crippen LogP contribution in [0.5, 0.6) is 5.75 Å². The number of nitrogen functional groups attached to an aromatic ring is 1. The first-order valence-corrected chi connectivity index (χ1v) is 5.41. The number of nitrogens with one attached hydrogen (secondary N) is 1. The number of methoxy groups -OCH3 is 1. The Labute approximate surface area is 92.5 Å². The van der Waals surface area contributed by atoms with Gasteiger partial charge in [-0.3, -0.25) is 0 Å². The maximum Gasteiger partial charge on any atom is 0.141 e. The van der Waals surface area contributed by atoms with Gasteiger partial charge in [0.1, 0.15) is 5.75 Å². The molecule has 0 aliphatic rings. The summed E-state index contributed by atoms with van der Waals surface area (Å²) >= 11 is 1.65. The second-order valence-electron chi connectivity index (χ2n) is 3.06. The molecule has 2 aromatic rings. The highest BCUT2D eigenvalue weighted by atomic mass is 32.1. The lowest BCUT2D eigenvalue weighted by Crippen LogP contribution is -1.94. The molecule has 0 spiro atoms. The number of hydrogen-bond acceptors (Lipinski definition) is 4. The Morgan fingerprint density at radius 2 is 2.20 bits per heavy atom. The van der Waals surface area contributed by atoms with E-state index in [9.17, 15) is 0 Å². The Balaban J connectivity index is 2.20. The molecule has 1 aromatic heterocycles. The summed E-state index contributed by atoms with van der Waals surface area (Å²) in [5, 5.41) is 6.38. The first kappa shape index (κ1) is 9.86. The second kappa shape index (κ2) is 4.23. The Bertz CT molecular complexity index is 440. The average molecular weight is 220 g/mol. The van der Waals surface area contributed by atoms with E-state index in [4.69, 9.17) is 10.5 Å². The molecule has 4 heteroatoms. The molecule has 0 bridgehead atoms. The fourth-order valence-corrected chi connectivity index (χ4v) is 1.94. The van der Waals surface area contributed by atoms with Gasteiger partial charge < -0.3 is 15.8 Å². The second-order valence-corrected chi connectivity index (χ2v) is 4.01. The van der Waals surface area contributed by atoms with Gasteiger partial charge in [0, 0.05) is 5.69 Å². The fourth-order valence-electron chi connectivity index (χ4n) is 1.30. The molecule has 2 rings (SSSR count). The minimum absolute atomic E-state index is 0.638. The van der Waals surface area contributed by atoms with Crippen LogP contribution in [0.4, 0.5) is 16.4 Å². The van der Waals surface area contributed by atoms with Crippen LogP contribution in [-0.2, 0) is 0 Å². The minimum atomic E-state index is 0.638. The van der Waals surface area contributed by atoms with E-state index < -0.39 is 0 Å². The number of benzene rings is 1. The zero-order valence-electron chi connectivity index (χ0n) is 8.36. The highest BCUT2D eigenvalue weighted by molar-refractivity contribution is 7.14. The zero-order valence-corrected chi connectivity index (χ0v) is 9.17. The van der Waals surface area contributed by atoms with E-state index in [1.807, 2.05) is 35.7 Å². The van der Waals surface area contributed by atoms with Crippen molar-refractivity contribution in [1.82, 2.24) is 0 Å². The van der Waals surface area contributed by atoms with E-state index >= 15 is 0 Å². The van der Waals surface area contributed by atoms with Gasteiger partial charge in [0.2, 0.25) is 0 Å². The Morgan fingerprint density at radius 1 is 1.33 bits per heavy atom. The van der Waals surface area contributed by atoms with Crippen LogP contribution in [0.3, 0.4) is 0 Å². The van der Waals surface area contributed by atoms with Crippen molar-refractivity contribution in [1.29, 1.82) is 0 Å². The molecule has 0 aliphatic heterocycles. The Hall–Kier alpha value is -1.68. The summed E-state index contributed by atoms with van der Waals surface area (Å²) < 4.78 is 5.08. The van der Waals surface area contributed by atoms with Crippen molar-refractivity contribution in [3.8, 4) is 5.75 Å². The van der Waals surface area contributed by atoms with Gasteiger partial charge in [0.05, 0.1) is 17.8 Å². The third-order valence-electron chi connectivity index (χ3n) is 2.02. The molecule has 0 radical (unpaired) electrons. The van der Waals surface area contributed by atoms with Gasteiger partial charge in [-0.2, -0.15) is 0 Å². The van der Waals surface area contributed by atoms with Crippen LogP contribution in [0.15, 0.2) is 35.7 Å². The molecule has 0 saturated heterocycles. The van der Waals surface area contributed by atoms with Gasteiger partial charge in [-0.1, -0.05) is 0 Å². The molecule has 0 unspecified atom stereocenters. The number of hydrogen-bond donors (Lipinski definition) is 2. The van der Waals surface area contributed by atoms with Crippen molar-refractivity contribution >= 4 is 27.7 Å². The largest absolute Gasteiger partial charge is 0.495 e. The Morgan fingerprint density at radius 3 is 2.80 bits per heavy atom. The average Bonchev–Trinajstić information content (AvgIpc) is 2.71. The predicted molar refractivity (Wildman–Crippen MR) is 65.0 cm³/mol. The van der Waals surface area contributed by atoms with Gasteiger partial charge in [-0.25, -0.2) is 0 Å². The minimum Gasteiger partial charge on any atom is -0.495 e. The lowest BCUT2D eigenvalue weighted by Gasteiger charge is -2.07. The fraction of sp³-hybridized carbons (Fsp3) is 0.0909. The van der Waals surface area contributed by atoms with Crippen LogP contribution in [0, 0.1) is 0 Å². The van der Waals surface area contributed by atoms with Gasteiger partial charge in [0.15, 0.2) is 0 Å². The number of rotatable bonds is 3. The summed E-state index contributed by atoms with van der Waals surface area (Å²) in [5.41, 5.74) is 7.41. The molecule has 1 heterocycles. The van der Waals surface area contributed by atoms with E-state index in [0.717, 1.165) is 10.7 Å². The van der Waals surface area contributed by atoms with E-state index in [1.54, 1.807) is 18.4 Å². The van der Waals surface area contributed by atoms with Crippen LogP contribution in [-0.4, -0.2) is 7.11 Å². The number of nitrogens with two attached hydrogens (primary N) is 1. The van der Waals surface area contributed by atoms with Crippen molar-refractivity contribution in [2.45, 2.75) is 0 Å². The molecule has 0 fully saturated rings. The van der Waals surface area contributed by atoms with Gasteiger partial charge >= 0.3 is 0 Å². The quantitative estimate of drug-likeness (QED) is 0.781. The number of ether oxygens (including phenoxy) is 1. The lowest BCUT2D eigenvalue weighted by molar-refractivity contribution is 0.417. The van der Waals surface area contributed by atoms with Gasteiger partial charge in [0.25, 0.3) is 0 Å². The van der Waals surface area contributed by atoms with Crippen molar-refractivity contribution in [3.05, 3.63) is 35.7 Å². The zero-order chi connectivity index (χ0) is 10.7. The van der Waals surface area contributed by atoms with E-state index in [0.29, 0.717) is 11.4 Å². The SMILES string of the molecule is COc1ccc(Nc2cccs2)cc1N. The smallest absolute Gasteiger partial charge is 0.141 e. The summed E-state index contributed by atoms with van der Waals surface area (Å²) in [5.74, 6) is 0.701. The van der Waals surface area contributed by atoms with Gasteiger partial charge in [-0.15, -0.1) is 11.3 Å². The highest BCUT2D eigenvalue weighted by Gasteiger charge is 2.00. The molecule has 1 aromatic carbocycles. The maximum absolute atomic E-state index is 5.80. The molecule has 0 saturated carbocycles. The predicted octanol–water partition coefficient (Wildman–Crippen LogP) is 3.08. The van der Waals surface area contributed by atoms with E-state index in [1.165, 1.54) is 0 Å². The van der Waals surface area contributed by atoms with E-state index in [-0.39, 0.29) is 0 Å². The summed E-state index contributed by atoms with van der Waals surface area (Å²) in [6.45, 7) is 0. The van der Waals surface area contributed by atoms with Crippen LogP contribution >= 0.6 is 11.3 Å². The molecule has 0 amide bonds. The molecule has 0 atom stereocenters. The van der Waals surface area contributed by atoms with Gasteiger partial charge in [-0.05, 0) is 35.7 Å². The standard InChI is InChI=1S/C11H12N2OS/c1-14-10-5-4-8(7-9(10)12)13-11-3-2-6-15-11/h2-7,13H,12H2,1H3. The molecule has 0 aliphatic carbocycles. The number of anilines is 3. The summed E-state index contributed by atoms with van der Waals surface area (Å²) in [6.07, 6.45) is 0. The molecule has 3 nitrogen and oxygen atoms in total. The number of thiophene rings is 1. The molecule has 3 N–H and O–H groups in total. The highest BCUT2D eigenvalue weighted by Crippen LogP contribution is 2.27. The molecular weight excluding hydrogens is 208 g/mol. The van der Waals surface area contributed by atoms with Crippen LogP contribution in [0.1, 0.15) is 0 Å². The summed E-state index contributed by atoms with van der Waals surface area (Å²) in [6, 6.07) is 9.67. The molecule has 15 heavy (non-hydrogen) atoms. The maximum atomic E-state index is 5.80. The third-order valence-corrected chi connectivity index (χ3v) is 2.80. The molecule has 78 valence electrons. The van der Waals surface area contributed by atoms with Crippen LogP contribution in [0.25, 0.3) is 0 Å². The first-order chi connectivity index (χ1) is 7.29.